The van der Waals surface area contributed by atoms with Gasteiger partial charge in [-0.25, -0.2) is 4.79 Å². The molecule has 0 bridgehead atoms. The number of fused-ring (bicyclic) bond motifs is 1. The Labute approximate surface area is 178 Å². The number of hydrogen-bond acceptors (Lipinski definition) is 7. The van der Waals surface area contributed by atoms with Crippen molar-refractivity contribution in [2.75, 3.05) is 12.3 Å². The van der Waals surface area contributed by atoms with E-state index < -0.39 is 11.5 Å². The largest absolute Gasteiger partial charge is 0.504 e. The first kappa shape index (κ1) is 21.9. The van der Waals surface area contributed by atoms with Crippen molar-refractivity contribution in [3.63, 3.8) is 0 Å². The van der Waals surface area contributed by atoms with Crippen LogP contribution in [0, 0.1) is 5.41 Å². The number of nitrogens with two attached hydrogens (primary N) is 1. The van der Waals surface area contributed by atoms with E-state index in [0.717, 1.165) is 0 Å². The Hall–Kier alpha value is -3.81. The molecule has 2 aromatic carbocycles. The number of rotatable bonds is 5. The Balaban J connectivity index is 1.99. The van der Waals surface area contributed by atoms with Gasteiger partial charge >= 0.3 is 5.63 Å². The lowest BCUT2D eigenvalue weighted by atomic mass is 9.90. The van der Waals surface area contributed by atoms with Gasteiger partial charge in [0.15, 0.2) is 17.3 Å². The Morgan fingerprint density at radius 1 is 1.10 bits per heavy atom. The Morgan fingerprint density at radius 3 is 2.45 bits per heavy atom. The molecule has 3 rings (SSSR count). The number of para-hydroxylation sites is 1. The summed E-state index contributed by atoms with van der Waals surface area (Å²) in [6.07, 6.45) is 0.276. The molecule has 0 saturated heterocycles. The van der Waals surface area contributed by atoms with Crippen LogP contribution in [0.3, 0.4) is 0 Å². The van der Waals surface area contributed by atoms with Gasteiger partial charge in [0.05, 0.1) is 12.2 Å². The number of ketones is 1. The number of carbonyl (C=O) groups excluding carboxylic acids is 2. The molecule has 8 nitrogen and oxygen atoms in total. The third-order valence-electron chi connectivity index (χ3n) is 4.66. The van der Waals surface area contributed by atoms with Crippen molar-refractivity contribution in [2.45, 2.75) is 27.2 Å². The Bertz CT molecular complexity index is 1240. The predicted octanol–water partition coefficient (Wildman–Crippen LogP) is 3.19. The maximum Gasteiger partial charge on any atom is 0.351 e. The van der Waals surface area contributed by atoms with Gasteiger partial charge in [-0.1, -0.05) is 39.0 Å². The average molecular weight is 424 g/mol. The summed E-state index contributed by atoms with van der Waals surface area (Å²) in [6.45, 7) is 5.51. The second kappa shape index (κ2) is 8.14. The van der Waals surface area contributed by atoms with E-state index >= 15 is 0 Å². The molecule has 0 radical (unpaired) electrons. The van der Waals surface area contributed by atoms with Gasteiger partial charge in [0.25, 0.3) is 5.91 Å². The van der Waals surface area contributed by atoms with Gasteiger partial charge < -0.3 is 25.7 Å². The predicted molar refractivity (Wildman–Crippen MR) is 117 cm³/mol. The monoisotopic (exact) mass is 424 g/mol. The van der Waals surface area contributed by atoms with Crippen LogP contribution in [0.4, 0.5) is 5.69 Å². The van der Waals surface area contributed by atoms with E-state index in [4.69, 9.17) is 10.2 Å². The van der Waals surface area contributed by atoms with E-state index in [1.165, 1.54) is 12.1 Å². The van der Waals surface area contributed by atoms with Crippen molar-refractivity contribution in [2.24, 2.45) is 5.41 Å². The van der Waals surface area contributed by atoms with E-state index in [9.17, 15) is 24.6 Å². The zero-order valence-corrected chi connectivity index (χ0v) is 17.5. The Morgan fingerprint density at radius 2 is 1.81 bits per heavy atom. The fraction of sp³-hybridized carbons (Fsp3) is 0.261. The fourth-order valence-electron chi connectivity index (χ4n) is 3.30. The lowest BCUT2D eigenvalue weighted by Crippen LogP contribution is -2.34. The van der Waals surface area contributed by atoms with Crippen LogP contribution >= 0.6 is 0 Å². The average Bonchev–Trinajstić information content (AvgIpc) is 2.67. The molecule has 0 aliphatic rings. The second-order valence-corrected chi connectivity index (χ2v) is 8.52. The SMILES string of the molecule is CC(C)(C)CC(=O)CNC(=O)c1c(N)c2cccc(-c3ccc(O)c(O)c3)c2oc1=O. The topological polar surface area (TPSA) is 143 Å². The first-order chi connectivity index (χ1) is 14.5. The normalized spacial score (nSPS) is 11.5. The second-order valence-electron chi connectivity index (χ2n) is 8.52. The minimum absolute atomic E-state index is 0.0723. The molecule has 1 aromatic heterocycles. The smallest absolute Gasteiger partial charge is 0.351 e. The summed E-state index contributed by atoms with van der Waals surface area (Å²) >= 11 is 0. The first-order valence-electron chi connectivity index (χ1n) is 9.65. The van der Waals surface area contributed by atoms with E-state index in [-0.39, 0.29) is 52.5 Å². The lowest BCUT2D eigenvalue weighted by molar-refractivity contribution is -0.119. The molecule has 0 saturated carbocycles. The molecular formula is C23H24N2O6. The van der Waals surface area contributed by atoms with Crippen LogP contribution < -0.4 is 16.7 Å². The third kappa shape index (κ3) is 4.69. The van der Waals surface area contributed by atoms with Gasteiger partial charge in [-0.3, -0.25) is 9.59 Å². The van der Waals surface area contributed by atoms with Gasteiger partial charge in [-0.2, -0.15) is 0 Å². The van der Waals surface area contributed by atoms with Crippen LogP contribution in [0.1, 0.15) is 37.6 Å². The van der Waals surface area contributed by atoms with Gasteiger partial charge in [-0.05, 0) is 29.2 Å². The van der Waals surface area contributed by atoms with Crippen LogP contribution in [0.2, 0.25) is 0 Å². The van der Waals surface area contributed by atoms with Crippen LogP contribution in [0.25, 0.3) is 22.1 Å². The number of hydrogen-bond donors (Lipinski definition) is 4. The maximum absolute atomic E-state index is 12.6. The van der Waals surface area contributed by atoms with E-state index in [1.54, 1.807) is 24.3 Å². The van der Waals surface area contributed by atoms with Gasteiger partial charge in [0, 0.05) is 17.4 Å². The molecule has 1 amide bonds. The summed E-state index contributed by atoms with van der Waals surface area (Å²) in [4.78, 5) is 37.2. The lowest BCUT2D eigenvalue weighted by Gasteiger charge is -2.17. The molecule has 0 fully saturated rings. The van der Waals surface area contributed by atoms with Crippen LogP contribution in [-0.2, 0) is 4.79 Å². The van der Waals surface area contributed by atoms with E-state index in [1.807, 2.05) is 20.8 Å². The number of amides is 1. The zero-order chi connectivity index (χ0) is 22.9. The minimum Gasteiger partial charge on any atom is -0.504 e. The van der Waals surface area contributed by atoms with Crippen molar-refractivity contribution in [3.05, 3.63) is 52.4 Å². The molecule has 162 valence electrons. The number of phenolic OH excluding ortho intramolecular Hbond substituents is 2. The summed E-state index contributed by atoms with van der Waals surface area (Å²) < 4.78 is 5.41. The highest BCUT2D eigenvalue weighted by atomic mass is 16.4. The number of benzene rings is 2. The van der Waals surface area contributed by atoms with E-state index in [0.29, 0.717) is 16.5 Å². The first-order valence-corrected chi connectivity index (χ1v) is 9.65. The van der Waals surface area contributed by atoms with Crippen molar-refractivity contribution in [3.8, 4) is 22.6 Å². The molecule has 0 spiro atoms. The number of anilines is 1. The maximum atomic E-state index is 12.6. The molecule has 0 unspecified atom stereocenters. The zero-order valence-electron chi connectivity index (χ0n) is 17.5. The summed E-state index contributed by atoms with van der Waals surface area (Å²) in [5.41, 5.74) is 5.59. The van der Waals surface area contributed by atoms with Gasteiger partial charge in [0.1, 0.15) is 11.1 Å². The fourth-order valence-corrected chi connectivity index (χ4v) is 3.30. The number of nitrogen functional groups attached to an aromatic ring is 1. The number of aromatic hydroxyl groups is 2. The van der Waals surface area contributed by atoms with Crippen molar-refractivity contribution in [1.29, 1.82) is 0 Å². The summed E-state index contributed by atoms with van der Waals surface area (Å²) in [7, 11) is 0. The molecule has 0 aliphatic heterocycles. The number of phenols is 2. The quantitative estimate of drug-likeness (QED) is 0.364. The summed E-state index contributed by atoms with van der Waals surface area (Å²) in [5.74, 6) is -1.58. The highest BCUT2D eigenvalue weighted by Gasteiger charge is 2.22. The molecule has 0 atom stereocenters. The van der Waals surface area contributed by atoms with E-state index in [2.05, 4.69) is 5.32 Å². The van der Waals surface area contributed by atoms with Crippen LogP contribution in [-0.4, -0.2) is 28.4 Å². The van der Waals surface area contributed by atoms with Crippen LogP contribution in [0.15, 0.2) is 45.6 Å². The molecule has 5 N–H and O–H groups in total. The summed E-state index contributed by atoms with van der Waals surface area (Å²) in [6, 6.07) is 9.08. The van der Waals surface area contributed by atoms with Crippen LogP contribution in [0.5, 0.6) is 11.5 Å². The minimum atomic E-state index is -0.943. The number of nitrogens with one attached hydrogen (secondary N) is 1. The highest BCUT2D eigenvalue weighted by molar-refractivity contribution is 6.08. The molecule has 3 aromatic rings. The van der Waals surface area contributed by atoms with Crippen molar-refractivity contribution >= 4 is 28.3 Å². The van der Waals surface area contributed by atoms with Crippen molar-refractivity contribution in [1.82, 2.24) is 5.32 Å². The van der Waals surface area contributed by atoms with Gasteiger partial charge in [-0.15, -0.1) is 0 Å². The number of Topliss-reactive ketones (excluding diaryl/α,β-unsaturated/α-hetero) is 1. The molecule has 31 heavy (non-hydrogen) atoms. The molecule has 1 heterocycles. The third-order valence-corrected chi connectivity index (χ3v) is 4.66. The molecule has 8 heteroatoms. The number of carbonyl (C=O) groups is 2. The van der Waals surface area contributed by atoms with Crippen molar-refractivity contribution < 1.29 is 24.2 Å². The summed E-state index contributed by atoms with van der Waals surface area (Å²) in [5, 5.41) is 22.1. The standard InChI is InChI=1S/C23H24N2O6/c1-23(2,3)10-13(26)11-25-21(29)18-19(24)15-6-4-5-14(20(15)31-22(18)30)12-7-8-16(27)17(28)9-12/h4-9,27-28H,10-11,24H2,1-3H3,(H,25,29). The highest BCUT2D eigenvalue weighted by Crippen LogP contribution is 2.35. The Kier molecular flexibility index (Phi) is 5.75. The molecule has 0 aliphatic carbocycles. The molecular weight excluding hydrogens is 400 g/mol. The van der Waals surface area contributed by atoms with Gasteiger partial charge in [0.2, 0.25) is 0 Å².